The Morgan fingerprint density at radius 1 is 1.53 bits per heavy atom. The van der Waals surface area contributed by atoms with Crippen molar-refractivity contribution in [3.63, 3.8) is 0 Å². The Bertz CT molecular complexity index is 350. The van der Waals surface area contributed by atoms with Crippen molar-refractivity contribution in [1.29, 1.82) is 0 Å². The maximum Gasteiger partial charge on any atom is 0.191 e. The minimum Gasteiger partial charge on any atom is -0.383 e. The highest BCUT2D eigenvalue weighted by molar-refractivity contribution is 5.80. The van der Waals surface area contributed by atoms with Crippen LogP contribution >= 0.6 is 0 Å². The molecule has 1 aromatic rings. The predicted molar refractivity (Wildman–Crippen MR) is 77.3 cm³/mol. The lowest BCUT2D eigenvalue weighted by atomic mass is 10.4. The molecule has 1 heterocycles. The average Bonchev–Trinajstić information content (AvgIpc) is 2.88. The van der Waals surface area contributed by atoms with Crippen LogP contribution in [0.3, 0.4) is 0 Å². The molecule has 1 unspecified atom stereocenters. The van der Waals surface area contributed by atoms with Gasteiger partial charge in [-0.15, -0.1) is 0 Å². The molecule has 0 radical (unpaired) electrons. The van der Waals surface area contributed by atoms with Crippen LogP contribution in [0.2, 0.25) is 0 Å². The second kappa shape index (κ2) is 9.38. The van der Waals surface area contributed by atoms with E-state index in [9.17, 15) is 0 Å². The van der Waals surface area contributed by atoms with Crippen LogP contribution in [-0.4, -0.2) is 48.4 Å². The van der Waals surface area contributed by atoms with Crippen LogP contribution in [0.4, 0.5) is 0 Å². The first-order valence-electron chi connectivity index (χ1n) is 6.75. The van der Waals surface area contributed by atoms with E-state index in [0.717, 1.165) is 32.0 Å². The van der Waals surface area contributed by atoms with Gasteiger partial charge in [-0.05, 0) is 20.3 Å². The number of hydrogen-bond donors (Lipinski definition) is 2. The van der Waals surface area contributed by atoms with E-state index in [4.69, 9.17) is 4.74 Å². The molecule has 19 heavy (non-hydrogen) atoms. The highest BCUT2D eigenvalue weighted by Gasteiger charge is 2.03. The topological polar surface area (TPSA) is 63.5 Å². The van der Waals surface area contributed by atoms with Gasteiger partial charge in [-0.1, -0.05) is 0 Å². The first-order chi connectivity index (χ1) is 9.26. The van der Waals surface area contributed by atoms with Gasteiger partial charge in [-0.2, -0.15) is 0 Å². The number of methoxy groups -OCH3 is 1. The zero-order chi connectivity index (χ0) is 13.9. The third-order valence-corrected chi connectivity index (χ3v) is 2.55. The summed E-state index contributed by atoms with van der Waals surface area (Å²) >= 11 is 0. The van der Waals surface area contributed by atoms with E-state index in [1.807, 2.05) is 12.5 Å². The quantitative estimate of drug-likeness (QED) is 0.417. The molecule has 0 aromatic carbocycles. The van der Waals surface area contributed by atoms with Crippen LogP contribution in [0.5, 0.6) is 0 Å². The number of aliphatic imine (C=N–C) groups is 1. The molecule has 2 N–H and O–H groups in total. The molecule has 0 aliphatic rings. The lowest BCUT2D eigenvalue weighted by molar-refractivity contribution is 0.179. The zero-order valence-electron chi connectivity index (χ0n) is 12.1. The molecule has 1 rings (SSSR count). The first-order valence-corrected chi connectivity index (χ1v) is 6.75. The van der Waals surface area contributed by atoms with E-state index in [1.54, 1.807) is 13.3 Å². The van der Waals surface area contributed by atoms with Crippen molar-refractivity contribution in [3.05, 3.63) is 18.7 Å². The van der Waals surface area contributed by atoms with E-state index >= 15 is 0 Å². The SMILES string of the molecule is CCNC(=NCCCn1ccnc1)NC(C)COC. The van der Waals surface area contributed by atoms with E-state index in [2.05, 4.69) is 39.0 Å². The summed E-state index contributed by atoms with van der Waals surface area (Å²) in [6.07, 6.45) is 6.58. The van der Waals surface area contributed by atoms with Gasteiger partial charge in [0.1, 0.15) is 0 Å². The minimum atomic E-state index is 0.247. The van der Waals surface area contributed by atoms with Gasteiger partial charge in [0.05, 0.1) is 12.9 Å². The van der Waals surface area contributed by atoms with Crippen LogP contribution in [0, 0.1) is 0 Å². The Morgan fingerprint density at radius 2 is 2.37 bits per heavy atom. The largest absolute Gasteiger partial charge is 0.383 e. The van der Waals surface area contributed by atoms with Gasteiger partial charge < -0.3 is 19.9 Å². The summed E-state index contributed by atoms with van der Waals surface area (Å²) in [6, 6.07) is 0.247. The molecule has 0 spiro atoms. The molecule has 0 saturated heterocycles. The molecule has 108 valence electrons. The number of ether oxygens (including phenoxy) is 1. The highest BCUT2D eigenvalue weighted by atomic mass is 16.5. The van der Waals surface area contributed by atoms with Crippen molar-refractivity contribution in [3.8, 4) is 0 Å². The van der Waals surface area contributed by atoms with Crippen molar-refractivity contribution >= 4 is 5.96 Å². The maximum atomic E-state index is 5.10. The fraction of sp³-hybridized carbons (Fsp3) is 0.692. The Hall–Kier alpha value is -1.56. The number of nitrogens with zero attached hydrogens (tertiary/aromatic N) is 3. The second-order valence-corrected chi connectivity index (χ2v) is 4.42. The normalized spacial score (nSPS) is 13.3. The molecule has 0 aliphatic carbocycles. The van der Waals surface area contributed by atoms with Crippen LogP contribution < -0.4 is 10.6 Å². The Labute approximate surface area is 115 Å². The van der Waals surface area contributed by atoms with E-state index in [-0.39, 0.29) is 6.04 Å². The number of imidazole rings is 1. The molecule has 0 fully saturated rings. The van der Waals surface area contributed by atoms with Crippen molar-refractivity contribution in [1.82, 2.24) is 20.2 Å². The van der Waals surface area contributed by atoms with Gasteiger partial charge in [0.25, 0.3) is 0 Å². The summed E-state index contributed by atoms with van der Waals surface area (Å²) in [5, 5.41) is 6.54. The van der Waals surface area contributed by atoms with Gasteiger partial charge in [-0.3, -0.25) is 4.99 Å². The zero-order valence-corrected chi connectivity index (χ0v) is 12.1. The van der Waals surface area contributed by atoms with Crippen molar-refractivity contribution in [2.24, 2.45) is 4.99 Å². The Balaban J connectivity index is 2.31. The molecule has 1 atom stereocenters. The third kappa shape index (κ3) is 6.81. The van der Waals surface area contributed by atoms with Gasteiger partial charge in [-0.25, -0.2) is 4.98 Å². The number of guanidine groups is 1. The molecule has 1 aromatic heterocycles. The molecule has 0 amide bonds. The Morgan fingerprint density at radius 3 is 3.00 bits per heavy atom. The molecule has 6 nitrogen and oxygen atoms in total. The van der Waals surface area contributed by atoms with Crippen molar-refractivity contribution in [2.75, 3.05) is 26.8 Å². The van der Waals surface area contributed by atoms with Gasteiger partial charge in [0, 0.05) is 45.2 Å². The molecule has 6 heteroatoms. The van der Waals surface area contributed by atoms with E-state index < -0.39 is 0 Å². The molecule has 0 saturated carbocycles. The lowest BCUT2D eigenvalue weighted by Gasteiger charge is -2.16. The fourth-order valence-corrected chi connectivity index (χ4v) is 1.71. The highest BCUT2D eigenvalue weighted by Crippen LogP contribution is 1.91. The third-order valence-electron chi connectivity index (χ3n) is 2.55. The summed E-state index contributed by atoms with van der Waals surface area (Å²) in [5.74, 6) is 0.845. The number of nitrogens with one attached hydrogen (secondary N) is 2. The number of aryl methyl sites for hydroxylation is 1. The van der Waals surface area contributed by atoms with Crippen LogP contribution in [0.1, 0.15) is 20.3 Å². The molecule has 0 aliphatic heterocycles. The standard InChI is InChI=1S/C13H25N5O/c1-4-15-13(17-12(2)10-19-3)16-6-5-8-18-9-7-14-11-18/h7,9,11-12H,4-6,8,10H2,1-3H3,(H2,15,16,17). The number of aromatic nitrogens is 2. The Kier molecular flexibility index (Phi) is 7.65. The summed E-state index contributed by atoms with van der Waals surface area (Å²) in [6.45, 7) is 7.38. The molecule has 0 bridgehead atoms. The molecular weight excluding hydrogens is 242 g/mol. The summed E-state index contributed by atoms with van der Waals surface area (Å²) in [7, 11) is 1.70. The monoisotopic (exact) mass is 267 g/mol. The van der Waals surface area contributed by atoms with Gasteiger partial charge in [0.15, 0.2) is 5.96 Å². The van der Waals surface area contributed by atoms with Crippen LogP contribution in [-0.2, 0) is 11.3 Å². The average molecular weight is 267 g/mol. The predicted octanol–water partition coefficient (Wildman–Crippen LogP) is 0.863. The van der Waals surface area contributed by atoms with Crippen molar-refractivity contribution in [2.45, 2.75) is 32.9 Å². The lowest BCUT2D eigenvalue weighted by Crippen LogP contribution is -2.44. The van der Waals surface area contributed by atoms with Gasteiger partial charge in [0.2, 0.25) is 0 Å². The maximum absolute atomic E-state index is 5.10. The van der Waals surface area contributed by atoms with Crippen LogP contribution in [0.25, 0.3) is 0 Å². The van der Waals surface area contributed by atoms with Crippen molar-refractivity contribution < 1.29 is 4.74 Å². The minimum absolute atomic E-state index is 0.247. The van der Waals surface area contributed by atoms with Gasteiger partial charge >= 0.3 is 0 Å². The summed E-state index contributed by atoms with van der Waals surface area (Å²) in [5.41, 5.74) is 0. The van der Waals surface area contributed by atoms with E-state index in [0.29, 0.717) is 6.61 Å². The molecular formula is C13H25N5O. The number of hydrogen-bond acceptors (Lipinski definition) is 3. The summed E-state index contributed by atoms with van der Waals surface area (Å²) in [4.78, 5) is 8.55. The number of rotatable bonds is 8. The fourth-order valence-electron chi connectivity index (χ4n) is 1.71. The second-order valence-electron chi connectivity index (χ2n) is 4.42. The summed E-state index contributed by atoms with van der Waals surface area (Å²) < 4.78 is 7.16. The smallest absolute Gasteiger partial charge is 0.191 e. The first kappa shape index (κ1) is 15.5. The van der Waals surface area contributed by atoms with E-state index in [1.165, 1.54) is 0 Å². The van der Waals surface area contributed by atoms with Crippen LogP contribution in [0.15, 0.2) is 23.7 Å².